The fourth-order valence-electron chi connectivity index (χ4n) is 4.21. The molecule has 0 radical (unpaired) electrons. The quantitative estimate of drug-likeness (QED) is 0.652. The van der Waals surface area contributed by atoms with Crippen molar-refractivity contribution in [3.8, 4) is 0 Å². The van der Waals surface area contributed by atoms with Gasteiger partial charge in [-0.2, -0.15) is 11.3 Å². The Morgan fingerprint density at radius 3 is 2.52 bits per heavy atom. The molecule has 3 rings (SSSR count). The number of benzene rings is 1. The van der Waals surface area contributed by atoms with E-state index < -0.39 is 6.10 Å². The molecule has 3 heteroatoms. The van der Waals surface area contributed by atoms with Crippen LogP contribution in [0.5, 0.6) is 0 Å². The first-order valence-corrected chi connectivity index (χ1v) is 10.7. The highest BCUT2D eigenvalue weighted by atomic mass is 32.1. The van der Waals surface area contributed by atoms with Gasteiger partial charge in [0.15, 0.2) is 0 Å². The number of hydrogen-bond donors (Lipinski definition) is 2. The summed E-state index contributed by atoms with van der Waals surface area (Å²) in [6, 6.07) is 12.3. The van der Waals surface area contributed by atoms with Gasteiger partial charge in [-0.25, -0.2) is 0 Å². The van der Waals surface area contributed by atoms with E-state index in [2.05, 4.69) is 29.1 Å². The highest BCUT2D eigenvalue weighted by Crippen LogP contribution is 2.38. The molecule has 1 aliphatic carbocycles. The summed E-state index contributed by atoms with van der Waals surface area (Å²) in [5.41, 5.74) is 2.51. The Kier molecular flexibility index (Phi) is 7.09. The van der Waals surface area contributed by atoms with E-state index in [0.29, 0.717) is 5.92 Å². The maximum Gasteiger partial charge on any atom is 0.0940 e. The van der Waals surface area contributed by atoms with Crippen LogP contribution in [-0.4, -0.2) is 17.7 Å². The number of hydrogen-bond acceptors (Lipinski definition) is 3. The van der Waals surface area contributed by atoms with Crippen LogP contribution in [0.2, 0.25) is 0 Å². The van der Waals surface area contributed by atoms with Crippen LogP contribution in [0.25, 0.3) is 0 Å². The van der Waals surface area contributed by atoms with Gasteiger partial charge >= 0.3 is 0 Å². The standard InChI is InChI=1S/C22H31NOS/c1-17(22(24)19-10-6-3-7-11-19)23-14-12-21(20-13-15-25-16-20)18-8-4-2-5-9-18/h3,6-7,10-11,13,15-18,21-24H,2,4-5,8-9,12,14H2,1H3. The summed E-state index contributed by atoms with van der Waals surface area (Å²) in [4.78, 5) is 0. The molecule has 3 atom stereocenters. The van der Waals surface area contributed by atoms with Crippen LogP contribution >= 0.6 is 11.3 Å². The minimum atomic E-state index is -0.449. The molecule has 3 unspecified atom stereocenters. The van der Waals surface area contributed by atoms with E-state index in [4.69, 9.17) is 0 Å². The van der Waals surface area contributed by atoms with Crippen molar-refractivity contribution in [2.24, 2.45) is 5.92 Å². The molecule has 1 heterocycles. The summed E-state index contributed by atoms with van der Waals surface area (Å²) in [7, 11) is 0. The van der Waals surface area contributed by atoms with Crippen LogP contribution in [-0.2, 0) is 0 Å². The van der Waals surface area contributed by atoms with Gasteiger partial charge in [0, 0.05) is 6.04 Å². The zero-order chi connectivity index (χ0) is 17.5. The number of aliphatic hydroxyl groups is 1. The van der Waals surface area contributed by atoms with Gasteiger partial charge in [0.05, 0.1) is 6.10 Å². The lowest BCUT2D eigenvalue weighted by molar-refractivity contribution is 0.135. The SMILES string of the molecule is CC(NCCC(c1ccsc1)C1CCCCC1)C(O)c1ccccc1. The van der Waals surface area contributed by atoms with Crippen LogP contribution in [0.3, 0.4) is 0 Å². The minimum Gasteiger partial charge on any atom is -0.387 e. The van der Waals surface area contributed by atoms with Gasteiger partial charge in [0.25, 0.3) is 0 Å². The smallest absolute Gasteiger partial charge is 0.0940 e. The van der Waals surface area contributed by atoms with Gasteiger partial charge in [-0.3, -0.25) is 0 Å². The largest absolute Gasteiger partial charge is 0.387 e. The molecule has 1 aromatic carbocycles. The fourth-order valence-corrected chi connectivity index (χ4v) is 4.94. The van der Waals surface area contributed by atoms with Gasteiger partial charge in [0.1, 0.15) is 0 Å². The summed E-state index contributed by atoms with van der Waals surface area (Å²) in [6.07, 6.45) is 7.66. The molecule has 2 nitrogen and oxygen atoms in total. The molecule has 0 bridgehead atoms. The Labute approximate surface area is 156 Å². The van der Waals surface area contributed by atoms with Crippen molar-refractivity contribution in [1.29, 1.82) is 0 Å². The summed E-state index contributed by atoms with van der Waals surface area (Å²) >= 11 is 1.81. The normalized spacial score (nSPS) is 19.4. The first-order valence-electron chi connectivity index (χ1n) is 9.74. The average Bonchev–Trinajstić information content (AvgIpc) is 3.20. The lowest BCUT2D eigenvalue weighted by Crippen LogP contribution is -2.34. The highest BCUT2D eigenvalue weighted by Gasteiger charge is 2.25. The summed E-state index contributed by atoms with van der Waals surface area (Å²) in [5, 5.41) is 18.6. The monoisotopic (exact) mass is 357 g/mol. The summed E-state index contributed by atoms with van der Waals surface area (Å²) in [5.74, 6) is 1.50. The molecule has 1 fully saturated rings. The van der Waals surface area contributed by atoms with Crippen LogP contribution in [0.4, 0.5) is 0 Å². The minimum absolute atomic E-state index is 0.0666. The predicted octanol–water partition coefficient (Wildman–Crippen LogP) is 5.51. The van der Waals surface area contributed by atoms with Crippen molar-refractivity contribution in [2.75, 3.05) is 6.54 Å². The number of rotatable bonds is 8. The second-order valence-electron chi connectivity index (χ2n) is 7.45. The molecule has 136 valence electrons. The third kappa shape index (κ3) is 5.16. The lowest BCUT2D eigenvalue weighted by Gasteiger charge is -2.31. The Hall–Kier alpha value is -1.16. The third-order valence-electron chi connectivity index (χ3n) is 5.73. The van der Waals surface area contributed by atoms with E-state index in [9.17, 15) is 5.11 Å². The molecule has 0 spiro atoms. The molecule has 25 heavy (non-hydrogen) atoms. The van der Waals surface area contributed by atoms with Crippen molar-refractivity contribution in [3.63, 3.8) is 0 Å². The Balaban J connectivity index is 1.54. The number of nitrogens with one attached hydrogen (secondary N) is 1. The fraction of sp³-hybridized carbons (Fsp3) is 0.545. The Morgan fingerprint density at radius 2 is 1.84 bits per heavy atom. The molecule has 1 aliphatic rings. The average molecular weight is 358 g/mol. The van der Waals surface area contributed by atoms with Crippen molar-refractivity contribution in [1.82, 2.24) is 5.32 Å². The van der Waals surface area contributed by atoms with E-state index in [0.717, 1.165) is 24.4 Å². The lowest BCUT2D eigenvalue weighted by atomic mass is 9.76. The second-order valence-corrected chi connectivity index (χ2v) is 8.23. The molecule has 2 aromatic rings. The third-order valence-corrected chi connectivity index (χ3v) is 6.43. The Morgan fingerprint density at radius 1 is 1.08 bits per heavy atom. The van der Waals surface area contributed by atoms with Crippen LogP contribution in [0.15, 0.2) is 47.2 Å². The predicted molar refractivity (Wildman–Crippen MR) is 107 cm³/mol. The van der Waals surface area contributed by atoms with Crippen molar-refractivity contribution in [3.05, 3.63) is 58.3 Å². The van der Waals surface area contributed by atoms with Gasteiger partial charge in [-0.1, -0.05) is 49.6 Å². The van der Waals surface area contributed by atoms with Crippen molar-refractivity contribution in [2.45, 2.75) is 63.5 Å². The molecular weight excluding hydrogens is 326 g/mol. The van der Waals surface area contributed by atoms with Crippen LogP contribution in [0, 0.1) is 5.92 Å². The maximum atomic E-state index is 10.5. The van der Waals surface area contributed by atoms with E-state index in [1.165, 1.54) is 37.7 Å². The van der Waals surface area contributed by atoms with Crippen molar-refractivity contribution < 1.29 is 5.11 Å². The van der Waals surface area contributed by atoms with E-state index in [1.807, 2.05) is 41.7 Å². The number of aliphatic hydroxyl groups excluding tert-OH is 1. The highest BCUT2D eigenvalue weighted by molar-refractivity contribution is 7.07. The molecular formula is C22H31NOS. The zero-order valence-corrected chi connectivity index (χ0v) is 16.0. The van der Waals surface area contributed by atoms with Crippen LogP contribution in [0.1, 0.15) is 68.6 Å². The van der Waals surface area contributed by atoms with Gasteiger partial charge < -0.3 is 10.4 Å². The van der Waals surface area contributed by atoms with Crippen LogP contribution < -0.4 is 5.32 Å². The maximum absolute atomic E-state index is 10.5. The molecule has 0 amide bonds. The summed E-state index contributed by atoms with van der Waals surface area (Å²) < 4.78 is 0. The number of thiophene rings is 1. The zero-order valence-electron chi connectivity index (χ0n) is 15.2. The summed E-state index contributed by atoms with van der Waals surface area (Å²) in [6.45, 7) is 3.04. The molecule has 2 N–H and O–H groups in total. The van der Waals surface area contributed by atoms with E-state index >= 15 is 0 Å². The molecule has 1 saturated carbocycles. The van der Waals surface area contributed by atoms with Gasteiger partial charge in [-0.15, -0.1) is 0 Å². The first-order chi connectivity index (χ1) is 12.3. The molecule has 0 aliphatic heterocycles. The molecule has 0 saturated heterocycles. The van der Waals surface area contributed by atoms with E-state index in [-0.39, 0.29) is 6.04 Å². The Bertz CT molecular complexity index is 592. The topological polar surface area (TPSA) is 32.3 Å². The van der Waals surface area contributed by atoms with Gasteiger partial charge in [-0.05, 0) is 72.5 Å². The van der Waals surface area contributed by atoms with Gasteiger partial charge in [0.2, 0.25) is 0 Å². The molecule has 1 aromatic heterocycles. The van der Waals surface area contributed by atoms with Crippen molar-refractivity contribution >= 4 is 11.3 Å². The second kappa shape index (κ2) is 9.51. The van der Waals surface area contributed by atoms with E-state index in [1.54, 1.807) is 0 Å². The first kappa shape index (κ1) is 18.6.